The van der Waals surface area contributed by atoms with Gasteiger partial charge in [0, 0.05) is 23.0 Å². The Balaban J connectivity index is 1.99. The molecule has 0 radical (unpaired) electrons. The number of benzene rings is 1. The van der Waals surface area contributed by atoms with Gasteiger partial charge in [0.15, 0.2) is 0 Å². The number of carbonyl (C=O) groups excluding carboxylic acids is 1. The van der Waals surface area contributed by atoms with Gasteiger partial charge in [-0.25, -0.2) is 0 Å². The molecule has 3 rings (SSSR count). The number of H-pyrrole nitrogens is 1. The topological polar surface area (TPSA) is 59.9 Å². The second-order valence-corrected chi connectivity index (χ2v) is 8.02. The van der Waals surface area contributed by atoms with Crippen molar-refractivity contribution in [1.82, 2.24) is 14.8 Å². The predicted molar refractivity (Wildman–Crippen MR) is 101 cm³/mol. The normalized spacial score (nSPS) is 13.8. The van der Waals surface area contributed by atoms with Gasteiger partial charge in [-0.05, 0) is 44.9 Å². The van der Waals surface area contributed by atoms with Crippen molar-refractivity contribution in [3.05, 3.63) is 30.1 Å². The minimum Gasteiger partial charge on any atom is -0.375 e. The molecule has 1 unspecified atom stereocenters. The van der Waals surface area contributed by atoms with Crippen LogP contribution in [-0.4, -0.2) is 33.3 Å². The van der Waals surface area contributed by atoms with Crippen molar-refractivity contribution in [1.29, 1.82) is 0 Å². The molecule has 0 aliphatic rings. The molecule has 134 valence electrons. The van der Waals surface area contributed by atoms with Crippen molar-refractivity contribution in [2.45, 2.75) is 52.7 Å². The van der Waals surface area contributed by atoms with Gasteiger partial charge >= 0.3 is 0 Å². The number of rotatable bonds is 6. The van der Waals surface area contributed by atoms with Crippen LogP contribution in [0.1, 0.15) is 46.2 Å². The number of hydrogen-bond acceptors (Lipinski definition) is 3. The van der Waals surface area contributed by atoms with E-state index in [2.05, 4.69) is 46.8 Å². The molecule has 1 N–H and O–H groups in total. The Bertz CT molecular complexity index is 883. The van der Waals surface area contributed by atoms with Gasteiger partial charge in [0.2, 0.25) is 0 Å². The summed E-state index contributed by atoms with van der Waals surface area (Å²) in [6, 6.07) is 6.49. The van der Waals surface area contributed by atoms with Crippen LogP contribution in [0.15, 0.2) is 24.4 Å². The lowest BCUT2D eigenvalue weighted by Crippen LogP contribution is -2.27. The summed E-state index contributed by atoms with van der Waals surface area (Å²) >= 11 is 0. The Labute approximate surface area is 148 Å². The summed E-state index contributed by atoms with van der Waals surface area (Å²) in [5, 5.41) is 9.43. The highest BCUT2D eigenvalue weighted by Crippen LogP contribution is 2.29. The molecule has 0 spiro atoms. The van der Waals surface area contributed by atoms with Gasteiger partial charge in [-0.15, -0.1) is 0 Å². The van der Waals surface area contributed by atoms with Crippen molar-refractivity contribution in [2.24, 2.45) is 5.92 Å². The number of hydrogen-bond donors (Lipinski definition) is 1. The zero-order valence-corrected chi connectivity index (χ0v) is 15.7. The third-order valence-electron chi connectivity index (χ3n) is 4.42. The molecule has 5 heteroatoms. The molecule has 0 saturated heterocycles. The molecule has 0 bridgehead atoms. The molecule has 2 aromatic heterocycles. The van der Waals surface area contributed by atoms with Crippen molar-refractivity contribution in [3.63, 3.8) is 0 Å². The van der Waals surface area contributed by atoms with Crippen molar-refractivity contribution >= 4 is 28.1 Å². The van der Waals surface area contributed by atoms with Crippen LogP contribution in [0, 0.1) is 5.92 Å². The highest BCUT2D eigenvalue weighted by Gasteiger charge is 2.19. The number of nitrogens with zero attached hydrogens (tertiary/aromatic N) is 2. The smallest absolute Gasteiger partial charge is 0.127 e. The minimum atomic E-state index is -0.247. The molecule has 0 fully saturated rings. The first-order valence-electron chi connectivity index (χ1n) is 8.84. The SMILES string of the molecule is CC(C)c1cc2cc3cn[nH]c3cc2n1CC(C=O)COC(C)(C)C. The van der Waals surface area contributed by atoms with E-state index in [0.717, 1.165) is 22.7 Å². The maximum absolute atomic E-state index is 11.6. The Morgan fingerprint density at radius 3 is 2.64 bits per heavy atom. The van der Waals surface area contributed by atoms with E-state index < -0.39 is 0 Å². The maximum atomic E-state index is 11.6. The summed E-state index contributed by atoms with van der Waals surface area (Å²) < 4.78 is 8.10. The summed E-state index contributed by atoms with van der Waals surface area (Å²) in [5.74, 6) is 0.199. The molecule has 1 aromatic carbocycles. The quantitative estimate of drug-likeness (QED) is 0.681. The molecule has 2 heterocycles. The summed E-state index contributed by atoms with van der Waals surface area (Å²) in [6.45, 7) is 11.4. The first-order chi connectivity index (χ1) is 11.8. The number of aromatic amines is 1. The van der Waals surface area contributed by atoms with E-state index in [-0.39, 0.29) is 11.5 Å². The average molecular weight is 341 g/mol. The molecule has 5 nitrogen and oxygen atoms in total. The van der Waals surface area contributed by atoms with Crippen LogP contribution in [0.5, 0.6) is 0 Å². The Morgan fingerprint density at radius 2 is 2.00 bits per heavy atom. The second-order valence-electron chi connectivity index (χ2n) is 8.02. The third-order valence-corrected chi connectivity index (χ3v) is 4.42. The van der Waals surface area contributed by atoms with Crippen LogP contribution in [0.4, 0.5) is 0 Å². The predicted octanol–water partition coefficient (Wildman–Crippen LogP) is 4.27. The van der Waals surface area contributed by atoms with Crippen LogP contribution in [0.25, 0.3) is 21.8 Å². The maximum Gasteiger partial charge on any atom is 0.127 e. The fourth-order valence-electron chi connectivity index (χ4n) is 3.13. The molecule has 3 aromatic rings. The van der Waals surface area contributed by atoms with Crippen LogP contribution in [-0.2, 0) is 16.1 Å². The molecule has 0 aliphatic carbocycles. The molecule has 0 saturated carbocycles. The number of carbonyl (C=O) groups is 1. The van der Waals surface area contributed by atoms with Gasteiger partial charge in [0.25, 0.3) is 0 Å². The number of nitrogens with one attached hydrogen (secondary N) is 1. The third kappa shape index (κ3) is 3.76. The molecular formula is C20H27N3O2. The minimum absolute atomic E-state index is 0.176. The van der Waals surface area contributed by atoms with E-state index in [9.17, 15) is 4.79 Å². The van der Waals surface area contributed by atoms with Crippen LogP contribution in [0.2, 0.25) is 0 Å². The molecule has 0 amide bonds. The Hall–Kier alpha value is -2.14. The monoisotopic (exact) mass is 341 g/mol. The standard InChI is InChI=1S/C20H27N3O2/c1-13(2)18-7-15-6-16-9-21-22-17(16)8-19(15)23(18)10-14(11-24)12-25-20(3,4)5/h6-9,11,13-14H,10,12H2,1-5H3,(H,21,22). The first-order valence-corrected chi connectivity index (χ1v) is 8.84. The van der Waals surface area contributed by atoms with Crippen molar-refractivity contribution < 1.29 is 9.53 Å². The van der Waals surface area contributed by atoms with Gasteiger partial charge in [0.05, 0.1) is 35.4 Å². The fraction of sp³-hybridized carbons (Fsp3) is 0.500. The van der Waals surface area contributed by atoms with E-state index in [1.165, 1.54) is 11.1 Å². The van der Waals surface area contributed by atoms with Gasteiger partial charge in [-0.1, -0.05) is 13.8 Å². The number of ether oxygens (including phenoxy) is 1. The Morgan fingerprint density at radius 1 is 1.24 bits per heavy atom. The van der Waals surface area contributed by atoms with Crippen LogP contribution >= 0.6 is 0 Å². The summed E-state index contributed by atoms with van der Waals surface area (Å²) in [7, 11) is 0. The number of fused-ring (bicyclic) bond motifs is 2. The van der Waals surface area contributed by atoms with Crippen LogP contribution in [0.3, 0.4) is 0 Å². The molecule has 1 atom stereocenters. The van der Waals surface area contributed by atoms with E-state index >= 15 is 0 Å². The number of aldehydes is 1. The largest absolute Gasteiger partial charge is 0.375 e. The molecule has 25 heavy (non-hydrogen) atoms. The van der Waals surface area contributed by atoms with Gasteiger partial charge < -0.3 is 14.1 Å². The van der Waals surface area contributed by atoms with Gasteiger partial charge in [-0.3, -0.25) is 5.10 Å². The van der Waals surface area contributed by atoms with Crippen molar-refractivity contribution in [2.75, 3.05) is 6.61 Å². The summed E-state index contributed by atoms with van der Waals surface area (Å²) in [5.41, 5.74) is 3.13. The molecular weight excluding hydrogens is 314 g/mol. The highest BCUT2D eigenvalue weighted by atomic mass is 16.5. The van der Waals surface area contributed by atoms with E-state index in [0.29, 0.717) is 19.1 Å². The van der Waals surface area contributed by atoms with Crippen molar-refractivity contribution in [3.8, 4) is 0 Å². The number of aromatic nitrogens is 3. The zero-order valence-electron chi connectivity index (χ0n) is 15.7. The summed E-state index contributed by atoms with van der Waals surface area (Å²) in [6.07, 6.45) is 2.85. The summed E-state index contributed by atoms with van der Waals surface area (Å²) in [4.78, 5) is 11.6. The average Bonchev–Trinajstić information content (AvgIpc) is 3.12. The molecule has 0 aliphatic heterocycles. The highest BCUT2D eigenvalue weighted by molar-refractivity contribution is 5.95. The van der Waals surface area contributed by atoms with Gasteiger partial charge in [0.1, 0.15) is 6.29 Å². The van der Waals surface area contributed by atoms with E-state index in [4.69, 9.17) is 4.74 Å². The zero-order chi connectivity index (χ0) is 18.2. The Kier molecular flexibility index (Phi) is 4.69. The lowest BCUT2D eigenvalue weighted by atomic mass is 10.1. The fourth-order valence-corrected chi connectivity index (χ4v) is 3.13. The lowest BCUT2D eigenvalue weighted by Gasteiger charge is -2.23. The van der Waals surface area contributed by atoms with Crippen LogP contribution < -0.4 is 0 Å². The van der Waals surface area contributed by atoms with Gasteiger partial charge in [-0.2, -0.15) is 5.10 Å². The second kappa shape index (κ2) is 6.64. The van der Waals surface area contributed by atoms with E-state index in [1.54, 1.807) is 0 Å². The first kappa shape index (κ1) is 17.7. The lowest BCUT2D eigenvalue weighted by molar-refractivity contribution is -0.115. The van der Waals surface area contributed by atoms with E-state index in [1.807, 2.05) is 27.0 Å².